The minimum Gasteiger partial charge on any atom is -0.465 e. The molecular weight excluding hydrogens is 306 g/mol. The third-order valence-electron chi connectivity index (χ3n) is 3.77. The molecule has 2 aromatic rings. The van der Waals surface area contributed by atoms with Gasteiger partial charge in [-0.3, -0.25) is 0 Å². The van der Waals surface area contributed by atoms with Gasteiger partial charge in [0.25, 0.3) is 0 Å². The van der Waals surface area contributed by atoms with Gasteiger partial charge in [0.2, 0.25) is 0 Å². The van der Waals surface area contributed by atoms with E-state index in [1.54, 1.807) is 23.5 Å². The zero-order chi connectivity index (χ0) is 14.8. The molecule has 1 aliphatic rings. The van der Waals surface area contributed by atoms with Gasteiger partial charge in [0, 0.05) is 15.6 Å². The van der Waals surface area contributed by atoms with Crippen molar-refractivity contribution in [1.29, 1.82) is 0 Å². The first-order chi connectivity index (χ1) is 10.2. The van der Waals surface area contributed by atoms with E-state index in [4.69, 9.17) is 16.3 Å². The molecule has 5 heteroatoms. The highest BCUT2D eigenvalue weighted by atomic mass is 35.5. The fourth-order valence-electron chi connectivity index (χ4n) is 2.75. The van der Waals surface area contributed by atoms with Gasteiger partial charge < -0.3 is 10.1 Å². The summed E-state index contributed by atoms with van der Waals surface area (Å²) in [7, 11) is 1.38. The Balaban J connectivity index is 1.91. The number of aryl methyl sites for hydroxylation is 1. The molecule has 1 aliphatic carbocycles. The Hall–Kier alpha value is -1.52. The highest BCUT2D eigenvalue weighted by molar-refractivity contribution is 7.10. The maximum atomic E-state index is 11.9. The summed E-state index contributed by atoms with van der Waals surface area (Å²) in [5.74, 6) is -0.374. The lowest BCUT2D eigenvalue weighted by molar-refractivity contribution is 0.0602. The van der Waals surface area contributed by atoms with E-state index in [1.807, 2.05) is 6.07 Å². The van der Waals surface area contributed by atoms with Crippen molar-refractivity contribution in [2.45, 2.75) is 25.3 Å². The van der Waals surface area contributed by atoms with Crippen LogP contribution in [0.4, 0.5) is 5.69 Å². The molecule has 1 unspecified atom stereocenters. The van der Waals surface area contributed by atoms with Crippen LogP contribution in [0.25, 0.3) is 0 Å². The molecule has 21 heavy (non-hydrogen) atoms. The number of rotatable bonds is 3. The lowest BCUT2D eigenvalue weighted by Crippen LogP contribution is -2.17. The molecule has 0 aliphatic heterocycles. The predicted octanol–water partition coefficient (Wildman–Crippen LogP) is 4.68. The average molecular weight is 322 g/mol. The molecule has 3 nitrogen and oxygen atoms in total. The lowest BCUT2D eigenvalue weighted by Gasteiger charge is -2.25. The number of fused-ring (bicyclic) bond motifs is 1. The lowest BCUT2D eigenvalue weighted by atomic mass is 9.93. The van der Waals surface area contributed by atoms with E-state index in [9.17, 15) is 4.79 Å². The van der Waals surface area contributed by atoms with E-state index in [-0.39, 0.29) is 12.0 Å². The van der Waals surface area contributed by atoms with Crippen molar-refractivity contribution in [3.8, 4) is 0 Å². The van der Waals surface area contributed by atoms with Crippen LogP contribution in [0.5, 0.6) is 0 Å². The largest absolute Gasteiger partial charge is 0.465 e. The second-order valence-corrected chi connectivity index (χ2v) is 6.51. The van der Waals surface area contributed by atoms with Gasteiger partial charge in [-0.25, -0.2) is 4.79 Å². The SMILES string of the molecule is COC(=O)c1cc(Cl)ccc1NC1CCCc2sccc21. The van der Waals surface area contributed by atoms with Crippen molar-refractivity contribution in [2.75, 3.05) is 12.4 Å². The number of methoxy groups -OCH3 is 1. The van der Waals surface area contributed by atoms with Crippen LogP contribution in [0.2, 0.25) is 5.02 Å². The molecule has 110 valence electrons. The maximum absolute atomic E-state index is 11.9. The van der Waals surface area contributed by atoms with Crippen molar-refractivity contribution in [1.82, 2.24) is 0 Å². The van der Waals surface area contributed by atoms with Gasteiger partial charge in [-0.1, -0.05) is 11.6 Å². The number of hydrogen-bond donors (Lipinski definition) is 1. The number of nitrogens with one attached hydrogen (secondary N) is 1. The van der Waals surface area contributed by atoms with Gasteiger partial charge in [0.15, 0.2) is 0 Å². The molecule has 0 saturated heterocycles. The van der Waals surface area contributed by atoms with Crippen molar-refractivity contribution in [3.05, 3.63) is 50.7 Å². The summed E-state index contributed by atoms with van der Waals surface area (Å²) >= 11 is 7.79. The van der Waals surface area contributed by atoms with E-state index >= 15 is 0 Å². The van der Waals surface area contributed by atoms with Crippen LogP contribution >= 0.6 is 22.9 Å². The second kappa shape index (κ2) is 6.08. The molecule has 0 bridgehead atoms. The Kier molecular flexibility index (Phi) is 4.17. The first-order valence-electron chi connectivity index (χ1n) is 6.89. The van der Waals surface area contributed by atoms with Crippen LogP contribution in [0.3, 0.4) is 0 Å². The fourth-order valence-corrected chi connectivity index (χ4v) is 3.90. The number of esters is 1. The van der Waals surface area contributed by atoms with Gasteiger partial charge >= 0.3 is 5.97 Å². The molecule has 1 aromatic carbocycles. The summed E-state index contributed by atoms with van der Waals surface area (Å²) in [6.45, 7) is 0. The molecular formula is C16H16ClNO2S. The van der Waals surface area contributed by atoms with E-state index in [0.717, 1.165) is 24.9 Å². The van der Waals surface area contributed by atoms with E-state index in [0.29, 0.717) is 10.6 Å². The molecule has 1 atom stereocenters. The average Bonchev–Trinajstić information content (AvgIpc) is 2.97. The zero-order valence-corrected chi connectivity index (χ0v) is 13.3. The Morgan fingerprint density at radius 3 is 3.10 bits per heavy atom. The Morgan fingerprint density at radius 1 is 1.43 bits per heavy atom. The van der Waals surface area contributed by atoms with Crippen LogP contribution in [-0.4, -0.2) is 13.1 Å². The summed E-state index contributed by atoms with van der Waals surface area (Å²) in [5, 5.41) is 6.14. The smallest absolute Gasteiger partial charge is 0.340 e. The topological polar surface area (TPSA) is 38.3 Å². The van der Waals surface area contributed by atoms with Crippen LogP contribution in [-0.2, 0) is 11.2 Å². The maximum Gasteiger partial charge on any atom is 0.340 e. The normalized spacial score (nSPS) is 17.1. The molecule has 0 amide bonds. The van der Waals surface area contributed by atoms with Crippen LogP contribution < -0.4 is 5.32 Å². The number of carbonyl (C=O) groups is 1. The Bertz CT molecular complexity index is 668. The fraction of sp³-hybridized carbons (Fsp3) is 0.312. The van der Waals surface area contributed by atoms with Crippen molar-refractivity contribution < 1.29 is 9.53 Å². The van der Waals surface area contributed by atoms with Gasteiger partial charge in [0.1, 0.15) is 0 Å². The van der Waals surface area contributed by atoms with Crippen LogP contribution in [0.1, 0.15) is 39.7 Å². The summed E-state index contributed by atoms with van der Waals surface area (Å²) in [5.41, 5.74) is 2.60. The zero-order valence-electron chi connectivity index (χ0n) is 11.7. The van der Waals surface area contributed by atoms with E-state index in [1.165, 1.54) is 17.6 Å². The van der Waals surface area contributed by atoms with Gasteiger partial charge in [-0.05, 0) is 54.5 Å². The standard InChI is InChI=1S/C16H16ClNO2S/c1-20-16(19)12-9-10(17)5-6-14(12)18-13-3-2-4-15-11(13)7-8-21-15/h5-9,13,18H,2-4H2,1H3. The van der Waals surface area contributed by atoms with Crippen molar-refractivity contribution >= 4 is 34.6 Å². The van der Waals surface area contributed by atoms with Crippen molar-refractivity contribution in [2.24, 2.45) is 0 Å². The molecule has 0 spiro atoms. The van der Waals surface area contributed by atoms with Crippen LogP contribution in [0, 0.1) is 0 Å². The van der Waals surface area contributed by atoms with Crippen LogP contribution in [0.15, 0.2) is 29.6 Å². The molecule has 1 aromatic heterocycles. The number of thiophene rings is 1. The number of benzene rings is 1. The Labute approximate surface area is 132 Å². The molecule has 3 rings (SSSR count). The first kappa shape index (κ1) is 14.4. The molecule has 1 heterocycles. The minimum atomic E-state index is -0.374. The summed E-state index contributed by atoms with van der Waals surface area (Å²) in [6, 6.07) is 7.69. The summed E-state index contributed by atoms with van der Waals surface area (Å²) in [6.07, 6.45) is 3.37. The quantitative estimate of drug-likeness (QED) is 0.834. The molecule has 0 radical (unpaired) electrons. The number of anilines is 1. The number of halogens is 1. The highest BCUT2D eigenvalue weighted by Gasteiger charge is 2.23. The molecule has 1 N–H and O–H groups in total. The number of ether oxygens (including phenoxy) is 1. The monoisotopic (exact) mass is 321 g/mol. The third kappa shape index (κ3) is 2.92. The third-order valence-corrected chi connectivity index (χ3v) is 5.00. The Morgan fingerprint density at radius 2 is 2.29 bits per heavy atom. The second-order valence-electron chi connectivity index (χ2n) is 5.07. The van der Waals surface area contributed by atoms with Gasteiger partial charge in [-0.15, -0.1) is 11.3 Å². The van der Waals surface area contributed by atoms with Crippen molar-refractivity contribution in [3.63, 3.8) is 0 Å². The molecule has 0 saturated carbocycles. The van der Waals surface area contributed by atoms with E-state index in [2.05, 4.69) is 16.8 Å². The minimum absolute atomic E-state index is 0.240. The van der Waals surface area contributed by atoms with Gasteiger partial charge in [-0.2, -0.15) is 0 Å². The number of carbonyl (C=O) groups excluding carboxylic acids is 1. The highest BCUT2D eigenvalue weighted by Crippen LogP contribution is 2.36. The number of hydrogen-bond acceptors (Lipinski definition) is 4. The first-order valence-corrected chi connectivity index (χ1v) is 8.15. The predicted molar refractivity (Wildman–Crippen MR) is 86.4 cm³/mol. The summed E-state index contributed by atoms with van der Waals surface area (Å²) in [4.78, 5) is 13.3. The molecule has 0 fully saturated rings. The van der Waals surface area contributed by atoms with Gasteiger partial charge in [0.05, 0.1) is 18.7 Å². The van der Waals surface area contributed by atoms with E-state index < -0.39 is 0 Å². The summed E-state index contributed by atoms with van der Waals surface area (Å²) < 4.78 is 4.84.